The van der Waals surface area contributed by atoms with Gasteiger partial charge in [0.15, 0.2) is 5.82 Å². The normalized spacial score (nSPS) is 17.3. The maximum Gasteiger partial charge on any atom is 0.272 e. The molecule has 2 saturated heterocycles. The number of nitrogens with zero attached hydrogens (tertiary/aromatic N) is 5. The SMILES string of the molecule is O=CN1CCN(c2cc(C(=O)N3CCCC3)nc(-c3ccccc3)n2)CC1. The van der Waals surface area contributed by atoms with Gasteiger partial charge in [0, 0.05) is 50.9 Å². The van der Waals surface area contributed by atoms with E-state index in [-0.39, 0.29) is 5.91 Å². The van der Waals surface area contributed by atoms with Crippen molar-refractivity contribution < 1.29 is 9.59 Å². The van der Waals surface area contributed by atoms with Crippen LogP contribution < -0.4 is 4.90 Å². The first-order valence-electron chi connectivity index (χ1n) is 9.43. The smallest absolute Gasteiger partial charge is 0.272 e. The van der Waals surface area contributed by atoms with Gasteiger partial charge in [0.25, 0.3) is 5.91 Å². The molecule has 0 aliphatic carbocycles. The zero-order chi connectivity index (χ0) is 18.6. The Morgan fingerprint density at radius 2 is 1.63 bits per heavy atom. The van der Waals surface area contributed by atoms with Gasteiger partial charge in [-0.3, -0.25) is 9.59 Å². The Kier molecular flexibility index (Phi) is 5.00. The van der Waals surface area contributed by atoms with Crippen LogP contribution in [0.3, 0.4) is 0 Å². The molecule has 0 unspecified atom stereocenters. The minimum Gasteiger partial charge on any atom is -0.353 e. The summed E-state index contributed by atoms with van der Waals surface area (Å²) in [6, 6.07) is 11.5. The molecule has 3 heterocycles. The molecule has 7 nitrogen and oxygen atoms in total. The number of hydrogen-bond acceptors (Lipinski definition) is 5. The Labute approximate surface area is 158 Å². The molecule has 1 aromatic carbocycles. The summed E-state index contributed by atoms with van der Waals surface area (Å²) in [5.74, 6) is 1.28. The molecule has 0 spiro atoms. The van der Waals surface area contributed by atoms with E-state index in [0.29, 0.717) is 37.7 Å². The summed E-state index contributed by atoms with van der Waals surface area (Å²) < 4.78 is 0. The molecule has 0 saturated carbocycles. The highest BCUT2D eigenvalue weighted by molar-refractivity contribution is 5.93. The fourth-order valence-corrected chi connectivity index (χ4v) is 3.56. The van der Waals surface area contributed by atoms with Crippen LogP contribution in [0.1, 0.15) is 23.3 Å². The highest BCUT2D eigenvalue weighted by atomic mass is 16.2. The Balaban J connectivity index is 1.68. The Morgan fingerprint density at radius 3 is 2.30 bits per heavy atom. The first-order chi connectivity index (χ1) is 13.2. The van der Waals surface area contributed by atoms with Gasteiger partial charge in [-0.05, 0) is 12.8 Å². The molecule has 27 heavy (non-hydrogen) atoms. The van der Waals surface area contributed by atoms with E-state index in [2.05, 4.69) is 9.88 Å². The number of aromatic nitrogens is 2. The number of carbonyl (C=O) groups is 2. The van der Waals surface area contributed by atoms with E-state index in [4.69, 9.17) is 4.98 Å². The number of rotatable bonds is 4. The minimum atomic E-state index is -0.0279. The summed E-state index contributed by atoms with van der Waals surface area (Å²) in [5.41, 5.74) is 1.33. The van der Waals surface area contributed by atoms with Crippen LogP contribution in [0.2, 0.25) is 0 Å². The average Bonchev–Trinajstić information content (AvgIpc) is 3.28. The third-order valence-corrected chi connectivity index (χ3v) is 5.14. The Morgan fingerprint density at radius 1 is 0.926 bits per heavy atom. The van der Waals surface area contributed by atoms with Crippen molar-refractivity contribution in [3.63, 3.8) is 0 Å². The van der Waals surface area contributed by atoms with Crippen molar-refractivity contribution in [2.24, 2.45) is 0 Å². The topological polar surface area (TPSA) is 69.6 Å². The first kappa shape index (κ1) is 17.5. The molecule has 140 valence electrons. The number of carbonyl (C=O) groups excluding carboxylic acids is 2. The van der Waals surface area contributed by atoms with Gasteiger partial charge >= 0.3 is 0 Å². The molecule has 7 heteroatoms. The maximum absolute atomic E-state index is 12.9. The summed E-state index contributed by atoms with van der Waals surface area (Å²) in [6.45, 7) is 4.28. The number of anilines is 1. The number of benzene rings is 1. The second-order valence-electron chi connectivity index (χ2n) is 6.93. The van der Waals surface area contributed by atoms with Gasteiger partial charge in [-0.2, -0.15) is 0 Å². The summed E-state index contributed by atoms with van der Waals surface area (Å²) in [6.07, 6.45) is 2.97. The van der Waals surface area contributed by atoms with E-state index in [1.807, 2.05) is 35.2 Å². The predicted molar refractivity (Wildman–Crippen MR) is 102 cm³/mol. The van der Waals surface area contributed by atoms with Gasteiger partial charge in [0.05, 0.1) is 0 Å². The molecule has 2 aromatic rings. The van der Waals surface area contributed by atoms with Gasteiger partial charge in [0.1, 0.15) is 11.5 Å². The molecular formula is C20H23N5O2. The quantitative estimate of drug-likeness (QED) is 0.771. The van der Waals surface area contributed by atoms with E-state index in [9.17, 15) is 9.59 Å². The molecule has 0 radical (unpaired) electrons. The first-order valence-corrected chi connectivity index (χ1v) is 9.43. The summed E-state index contributed by atoms with van der Waals surface area (Å²) in [4.78, 5) is 38.9. The fourth-order valence-electron chi connectivity index (χ4n) is 3.56. The number of amides is 2. The Hall–Kier alpha value is -2.96. The largest absolute Gasteiger partial charge is 0.353 e. The molecule has 2 aliphatic heterocycles. The standard InChI is InChI=1S/C20H23N5O2/c26-15-23-10-12-24(13-11-23)18-14-17(20(27)25-8-4-5-9-25)21-19(22-18)16-6-2-1-3-7-16/h1-3,6-7,14-15H,4-5,8-13H2. The molecular weight excluding hydrogens is 342 g/mol. The van der Waals surface area contributed by atoms with Crippen LogP contribution in [0, 0.1) is 0 Å². The second-order valence-corrected chi connectivity index (χ2v) is 6.93. The van der Waals surface area contributed by atoms with Crippen LogP contribution in [0.15, 0.2) is 36.4 Å². The van der Waals surface area contributed by atoms with Crippen molar-refractivity contribution in [2.45, 2.75) is 12.8 Å². The van der Waals surface area contributed by atoms with Crippen molar-refractivity contribution in [2.75, 3.05) is 44.2 Å². The molecule has 1 aromatic heterocycles. The number of likely N-dealkylation sites (tertiary alicyclic amines) is 1. The summed E-state index contributed by atoms with van der Waals surface area (Å²) in [5, 5.41) is 0. The monoisotopic (exact) mass is 365 g/mol. The van der Waals surface area contributed by atoms with Crippen molar-refractivity contribution in [1.82, 2.24) is 19.8 Å². The molecule has 0 N–H and O–H groups in total. The van der Waals surface area contributed by atoms with Crippen molar-refractivity contribution in [3.05, 3.63) is 42.1 Å². The van der Waals surface area contributed by atoms with Gasteiger partial charge in [0.2, 0.25) is 6.41 Å². The second kappa shape index (κ2) is 7.73. The fraction of sp³-hybridized carbons (Fsp3) is 0.400. The van der Waals surface area contributed by atoms with Crippen molar-refractivity contribution in [1.29, 1.82) is 0 Å². The minimum absolute atomic E-state index is 0.0279. The van der Waals surface area contributed by atoms with Gasteiger partial charge < -0.3 is 14.7 Å². The molecule has 0 atom stereocenters. The van der Waals surface area contributed by atoms with Crippen LogP contribution in [-0.2, 0) is 4.79 Å². The van der Waals surface area contributed by atoms with Crippen LogP contribution >= 0.6 is 0 Å². The zero-order valence-electron chi connectivity index (χ0n) is 15.3. The summed E-state index contributed by atoms with van der Waals surface area (Å²) >= 11 is 0. The van der Waals surface area contributed by atoms with Crippen LogP contribution in [-0.4, -0.2) is 71.4 Å². The molecule has 2 aliphatic rings. The van der Waals surface area contributed by atoms with Crippen molar-refractivity contribution >= 4 is 18.1 Å². The average molecular weight is 365 g/mol. The summed E-state index contributed by atoms with van der Waals surface area (Å²) in [7, 11) is 0. The van der Waals surface area contributed by atoms with Gasteiger partial charge in [-0.1, -0.05) is 30.3 Å². The molecule has 0 bridgehead atoms. The van der Waals surface area contributed by atoms with Crippen LogP contribution in [0.4, 0.5) is 5.82 Å². The third-order valence-electron chi connectivity index (χ3n) is 5.14. The van der Waals surface area contributed by atoms with E-state index in [0.717, 1.165) is 43.7 Å². The van der Waals surface area contributed by atoms with Crippen LogP contribution in [0.5, 0.6) is 0 Å². The van der Waals surface area contributed by atoms with E-state index in [1.54, 1.807) is 11.0 Å². The molecule has 2 fully saturated rings. The third kappa shape index (κ3) is 3.77. The Bertz CT molecular complexity index is 812. The molecule has 2 amide bonds. The van der Waals surface area contributed by atoms with Crippen molar-refractivity contribution in [3.8, 4) is 11.4 Å². The lowest BCUT2D eigenvalue weighted by Crippen LogP contribution is -2.46. The van der Waals surface area contributed by atoms with Gasteiger partial charge in [-0.25, -0.2) is 9.97 Å². The number of hydrogen-bond donors (Lipinski definition) is 0. The lowest BCUT2D eigenvalue weighted by molar-refractivity contribution is -0.118. The van der Waals surface area contributed by atoms with E-state index < -0.39 is 0 Å². The predicted octanol–water partition coefficient (Wildman–Crippen LogP) is 1.66. The van der Waals surface area contributed by atoms with E-state index >= 15 is 0 Å². The lowest BCUT2D eigenvalue weighted by Gasteiger charge is -2.33. The highest BCUT2D eigenvalue weighted by Crippen LogP contribution is 2.23. The van der Waals surface area contributed by atoms with Gasteiger partial charge in [-0.15, -0.1) is 0 Å². The highest BCUT2D eigenvalue weighted by Gasteiger charge is 2.24. The number of piperazine rings is 1. The zero-order valence-corrected chi connectivity index (χ0v) is 15.3. The van der Waals surface area contributed by atoms with Crippen LogP contribution in [0.25, 0.3) is 11.4 Å². The maximum atomic E-state index is 12.9. The molecule has 4 rings (SSSR count). The lowest BCUT2D eigenvalue weighted by atomic mass is 10.2. The van der Waals surface area contributed by atoms with E-state index in [1.165, 1.54) is 0 Å².